The number of benzene rings is 3. The van der Waals surface area contributed by atoms with Gasteiger partial charge < -0.3 is 15.4 Å². The van der Waals surface area contributed by atoms with Gasteiger partial charge in [-0.1, -0.05) is 24.3 Å². The number of halogens is 1. The maximum atomic E-state index is 12.5. The fourth-order valence-electron chi connectivity index (χ4n) is 2.54. The monoisotopic (exact) mass is 532 g/mol. The van der Waals surface area contributed by atoms with Gasteiger partial charge in [-0.25, -0.2) is 0 Å². The molecular formula is C23H21IN2O3S. The first kappa shape index (κ1) is 22.2. The summed E-state index contributed by atoms with van der Waals surface area (Å²) >= 11 is 3.65. The Morgan fingerprint density at radius 3 is 2.40 bits per heavy atom. The van der Waals surface area contributed by atoms with Gasteiger partial charge >= 0.3 is 0 Å². The Kier molecular flexibility index (Phi) is 8.15. The van der Waals surface area contributed by atoms with Crippen LogP contribution in [-0.4, -0.2) is 23.7 Å². The molecule has 0 heterocycles. The molecule has 1 atom stereocenters. The van der Waals surface area contributed by atoms with Crippen LogP contribution in [0.3, 0.4) is 0 Å². The standard InChI is InChI=1S/C23H21IN2O3S/c1-16(23(28)26-18-12-10-17(24)11-13-18)30-21-9-5-6-19(14-21)25-22(27)15-29-20-7-3-2-4-8-20/h2-14,16H,15H2,1H3,(H,25,27)(H,26,28). The average molecular weight is 532 g/mol. The quantitative estimate of drug-likeness (QED) is 0.300. The van der Waals surface area contributed by atoms with E-state index in [1.165, 1.54) is 11.8 Å². The summed E-state index contributed by atoms with van der Waals surface area (Å²) in [4.78, 5) is 25.5. The molecule has 3 rings (SSSR count). The number of carbonyl (C=O) groups excluding carboxylic acids is 2. The van der Waals surface area contributed by atoms with E-state index in [1.54, 1.807) is 18.2 Å². The molecule has 0 aliphatic heterocycles. The van der Waals surface area contributed by atoms with Gasteiger partial charge in [-0.2, -0.15) is 0 Å². The van der Waals surface area contributed by atoms with Crippen molar-refractivity contribution in [2.24, 2.45) is 0 Å². The molecule has 2 N–H and O–H groups in total. The highest BCUT2D eigenvalue weighted by Crippen LogP contribution is 2.26. The second kappa shape index (κ2) is 11.0. The lowest BCUT2D eigenvalue weighted by Gasteiger charge is -2.13. The van der Waals surface area contributed by atoms with Crippen molar-refractivity contribution >= 4 is 57.5 Å². The third-order valence-corrected chi connectivity index (χ3v) is 5.84. The van der Waals surface area contributed by atoms with Gasteiger partial charge in [-0.15, -0.1) is 11.8 Å². The summed E-state index contributed by atoms with van der Waals surface area (Å²) in [6.07, 6.45) is 0. The molecule has 7 heteroatoms. The summed E-state index contributed by atoms with van der Waals surface area (Å²) < 4.78 is 6.57. The summed E-state index contributed by atoms with van der Waals surface area (Å²) in [5.74, 6) is 0.322. The Bertz CT molecular complexity index is 997. The molecule has 0 radical (unpaired) electrons. The Hall–Kier alpha value is -2.52. The zero-order chi connectivity index (χ0) is 21.3. The number of thioether (sulfide) groups is 1. The zero-order valence-corrected chi connectivity index (χ0v) is 19.3. The number of anilines is 2. The third kappa shape index (κ3) is 7.07. The number of amides is 2. The van der Waals surface area contributed by atoms with Gasteiger partial charge in [0.1, 0.15) is 5.75 Å². The fraction of sp³-hybridized carbons (Fsp3) is 0.130. The largest absolute Gasteiger partial charge is 0.484 e. The molecule has 0 saturated carbocycles. The van der Waals surface area contributed by atoms with Crippen LogP contribution in [0.15, 0.2) is 83.8 Å². The van der Waals surface area contributed by atoms with E-state index < -0.39 is 0 Å². The highest BCUT2D eigenvalue weighted by Gasteiger charge is 2.15. The minimum Gasteiger partial charge on any atom is -0.484 e. The summed E-state index contributed by atoms with van der Waals surface area (Å²) in [5.41, 5.74) is 1.43. The molecule has 154 valence electrons. The normalized spacial score (nSPS) is 11.4. The van der Waals surface area contributed by atoms with Gasteiger partial charge in [0, 0.05) is 19.8 Å². The smallest absolute Gasteiger partial charge is 0.262 e. The maximum Gasteiger partial charge on any atom is 0.262 e. The first-order chi connectivity index (χ1) is 14.5. The third-order valence-electron chi connectivity index (χ3n) is 4.02. The Morgan fingerprint density at radius 2 is 1.67 bits per heavy atom. The maximum absolute atomic E-state index is 12.5. The van der Waals surface area contributed by atoms with E-state index in [2.05, 4.69) is 33.2 Å². The molecule has 0 spiro atoms. The zero-order valence-electron chi connectivity index (χ0n) is 16.3. The van der Waals surface area contributed by atoms with E-state index in [-0.39, 0.29) is 23.7 Å². The van der Waals surface area contributed by atoms with Crippen molar-refractivity contribution in [3.8, 4) is 5.75 Å². The van der Waals surface area contributed by atoms with Crippen LogP contribution in [-0.2, 0) is 9.59 Å². The number of carbonyl (C=O) groups is 2. The van der Waals surface area contributed by atoms with Crippen LogP contribution < -0.4 is 15.4 Å². The molecule has 0 aliphatic carbocycles. The van der Waals surface area contributed by atoms with Crippen molar-refractivity contribution in [2.45, 2.75) is 17.1 Å². The second-order valence-corrected chi connectivity index (χ2v) is 9.09. The molecule has 5 nitrogen and oxygen atoms in total. The molecule has 0 fully saturated rings. The molecule has 3 aromatic carbocycles. The lowest BCUT2D eigenvalue weighted by Crippen LogP contribution is -2.22. The van der Waals surface area contributed by atoms with Crippen LogP contribution in [0.25, 0.3) is 0 Å². The molecule has 2 amide bonds. The number of hydrogen-bond acceptors (Lipinski definition) is 4. The Morgan fingerprint density at radius 1 is 0.933 bits per heavy atom. The van der Waals surface area contributed by atoms with Crippen LogP contribution >= 0.6 is 34.4 Å². The first-order valence-corrected chi connectivity index (χ1v) is 11.3. The topological polar surface area (TPSA) is 67.4 Å². The van der Waals surface area contributed by atoms with E-state index in [1.807, 2.05) is 67.6 Å². The molecular weight excluding hydrogens is 511 g/mol. The lowest BCUT2D eigenvalue weighted by molar-refractivity contribution is -0.118. The average Bonchev–Trinajstić information content (AvgIpc) is 2.75. The summed E-state index contributed by atoms with van der Waals surface area (Å²) in [6, 6.07) is 24.3. The predicted octanol–water partition coefficient (Wildman–Crippen LogP) is 5.43. The number of ether oxygens (including phenoxy) is 1. The van der Waals surface area contributed by atoms with Crippen molar-refractivity contribution in [3.05, 3.63) is 82.4 Å². The van der Waals surface area contributed by atoms with Crippen LogP contribution in [0.4, 0.5) is 11.4 Å². The van der Waals surface area contributed by atoms with E-state index in [0.29, 0.717) is 11.4 Å². The highest BCUT2D eigenvalue weighted by molar-refractivity contribution is 14.1. The van der Waals surface area contributed by atoms with E-state index in [9.17, 15) is 9.59 Å². The van der Waals surface area contributed by atoms with Crippen molar-refractivity contribution in [1.82, 2.24) is 0 Å². The molecule has 1 unspecified atom stereocenters. The Balaban J connectivity index is 1.52. The molecule has 0 aromatic heterocycles. The molecule has 3 aromatic rings. The van der Waals surface area contributed by atoms with Crippen LogP contribution in [0, 0.1) is 3.57 Å². The minimum absolute atomic E-state index is 0.0732. The SMILES string of the molecule is CC(Sc1cccc(NC(=O)COc2ccccc2)c1)C(=O)Nc1ccc(I)cc1. The highest BCUT2D eigenvalue weighted by atomic mass is 127. The second-order valence-electron chi connectivity index (χ2n) is 6.43. The van der Waals surface area contributed by atoms with Gasteiger partial charge in [0.15, 0.2) is 6.61 Å². The van der Waals surface area contributed by atoms with Gasteiger partial charge in [-0.05, 0) is 84.1 Å². The first-order valence-electron chi connectivity index (χ1n) is 9.30. The molecule has 0 aliphatic rings. The Labute approximate surface area is 193 Å². The summed E-state index contributed by atoms with van der Waals surface area (Å²) in [7, 11) is 0. The summed E-state index contributed by atoms with van der Waals surface area (Å²) in [6.45, 7) is 1.78. The van der Waals surface area contributed by atoms with Crippen molar-refractivity contribution in [3.63, 3.8) is 0 Å². The van der Waals surface area contributed by atoms with Gasteiger partial charge in [0.25, 0.3) is 5.91 Å². The number of nitrogens with one attached hydrogen (secondary N) is 2. The van der Waals surface area contributed by atoms with Crippen LogP contribution in [0.5, 0.6) is 5.75 Å². The predicted molar refractivity (Wildman–Crippen MR) is 130 cm³/mol. The number of hydrogen-bond donors (Lipinski definition) is 2. The molecule has 30 heavy (non-hydrogen) atoms. The molecule has 0 bridgehead atoms. The number of para-hydroxylation sites is 1. The van der Waals surface area contributed by atoms with Gasteiger partial charge in [-0.3, -0.25) is 9.59 Å². The summed E-state index contributed by atoms with van der Waals surface area (Å²) in [5, 5.41) is 5.45. The van der Waals surface area contributed by atoms with Crippen LogP contribution in [0.1, 0.15) is 6.92 Å². The van der Waals surface area contributed by atoms with Crippen LogP contribution in [0.2, 0.25) is 0 Å². The van der Waals surface area contributed by atoms with Gasteiger partial charge in [0.05, 0.1) is 5.25 Å². The van der Waals surface area contributed by atoms with E-state index >= 15 is 0 Å². The van der Waals surface area contributed by atoms with Crippen molar-refractivity contribution in [1.29, 1.82) is 0 Å². The van der Waals surface area contributed by atoms with Crippen molar-refractivity contribution in [2.75, 3.05) is 17.2 Å². The minimum atomic E-state index is -0.295. The lowest BCUT2D eigenvalue weighted by atomic mass is 10.3. The van der Waals surface area contributed by atoms with Gasteiger partial charge in [0.2, 0.25) is 5.91 Å². The number of rotatable bonds is 8. The molecule has 0 saturated heterocycles. The fourth-order valence-corrected chi connectivity index (χ4v) is 3.83. The van der Waals surface area contributed by atoms with E-state index in [4.69, 9.17) is 4.74 Å². The van der Waals surface area contributed by atoms with Crippen molar-refractivity contribution < 1.29 is 14.3 Å². The van der Waals surface area contributed by atoms with E-state index in [0.717, 1.165) is 14.2 Å².